The van der Waals surface area contributed by atoms with Gasteiger partial charge in [0.25, 0.3) is 5.91 Å². The Hall–Kier alpha value is -4.04. The second kappa shape index (κ2) is 10.3. The molecule has 5 rings (SSSR count). The maximum absolute atomic E-state index is 13.5. The largest absolute Gasteiger partial charge is 0.480 e. The summed E-state index contributed by atoms with van der Waals surface area (Å²) in [7, 11) is 0. The number of aromatic nitrogens is 2. The van der Waals surface area contributed by atoms with Crippen molar-refractivity contribution < 1.29 is 19.1 Å². The zero-order chi connectivity index (χ0) is 25.1. The average Bonchev–Trinajstić information content (AvgIpc) is 3.26. The lowest BCUT2D eigenvalue weighted by molar-refractivity contribution is -0.137. The van der Waals surface area contributed by atoms with Crippen molar-refractivity contribution in [3.05, 3.63) is 90.0 Å². The summed E-state index contributed by atoms with van der Waals surface area (Å²) in [5.41, 5.74) is 3.88. The molecule has 184 valence electrons. The Balaban J connectivity index is 1.13. The van der Waals surface area contributed by atoms with Crippen molar-refractivity contribution in [3.8, 4) is 11.3 Å². The second-order valence-corrected chi connectivity index (χ2v) is 9.20. The van der Waals surface area contributed by atoms with E-state index < -0.39 is 5.97 Å². The maximum atomic E-state index is 13.5. The molecule has 2 aromatic heterocycles. The van der Waals surface area contributed by atoms with Crippen molar-refractivity contribution >= 4 is 22.8 Å². The van der Waals surface area contributed by atoms with Crippen LogP contribution in [0.3, 0.4) is 0 Å². The molecule has 2 N–H and O–H groups in total. The maximum Gasteiger partial charge on any atom is 0.323 e. The van der Waals surface area contributed by atoms with Gasteiger partial charge >= 0.3 is 5.97 Å². The predicted molar refractivity (Wildman–Crippen MR) is 135 cm³/mol. The predicted octanol–water partition coefficient (Wildman–Crippen LogP) is 4.32. The lowest BCUT2D eigenvalue weighted by atomic mass is 10.0. The van der Waals surface area contributed by atoms with Crippen LogP contribution in [0.5, 0.6) is 0 Å². The zero-order valence-corrected chi connectivity index (χ0v) is 19.7. The molecule has 0 aliphatic carbocycles. The van der Waals surface area contributed by atoms with Gasteiger partial charge in [-0.05, 0) is 66.3 Å². The number of fused-ring (bicyclic) bond motifs is 1. The Morgan fingerprint density at radius 3 is 2.61 bits per heavy atom. The number of pyridine rings is 1. The highest BCUT2D eigenvalue weighted by Crippen LogP contribution is 2.21. The Labute approximate surface area is 208 Å². The first-order chi connectivity index (χ1) is 17.4. The molecule has 4 aromatic rings. The molecule has 1 saturated heterocycles. The van der Waals surface area contributed by atoms with E-state index in [2.05, 4.69) is 27.3 Å². The van der Waals surface area contributed by atoms with E-state index in [0.29, 0.717) is 16.8 Å². The van der Waals surface area contributed by atoms with Crippen LogP contribution in [0.4, 0.5) is 4.39 Å². The van der Waals surface area contributed by atoms with Crippen molar-refractivity contribution in [3.63, 3.8) is 0 Å². The molecular formula is C28H27FN4O3. The van der Waals surface area contributed by atoms with Crippen molar-refractivity contribution in [1.82, 2.24) is 19.8 Å². The minimum Gasteiger partial charge on any atom is -0.480 e. The summed E-state index contributed by atoms with van der Waals surface area (Å²) in [5, 5.41) is 13.2. The van der Waals surface area contributed by atoms with Gasteiger partial charge in [-0.3, -0.25) is 19.5 Å². The quantitative estimate of drug-likeness (QED) is 0.406. The van der Waals surface area contributed by atoms with Gasteiger partial charge in [-0.2, -0.15) is 0 Å². The number of aliphatic carboxylic acids is 1. The molecule has 36 heavy (non-hydrogen) atoms. The minimum absolute atomic E-state index is 0.0463. The topological polar surface area (TPSA) is 87.5 Å². The standard InChI is InChI=1S/C28H27FN4O3/c29-23-3-1-2-20(15-23)25-6-5-22(16-30-25)28(36)31-24-9-11-32(12-10-24)17-19-4-7-26-21(14-19)8-13-33(26)18-27(34)35/h1-8,13-16,24H,9-12,17-18H2,(H,31,36)(H,34,35). The number of amides is 1. The number of hydrogen-bond donors (Lipinski definition) is 2. The summed E-state index contributed by atoms with van der Waals surface area (Å²) >= 11 is 0. The number of hydrogen-bond acceptors (Lipinski definition) is 4. The van der Waals surface area contributed by atoms with E-state index >= 15 is 0 Å². The van der Waals surface area contributed by atoms with E-state index in [9.17, 15) is 14.0 Å². The Morgan fingerprint density at radius 2 is 1.89 bits per heavy atom. The lowest BCUT2D eigenvalue weighted by Crippen LogP contribution is -2.44. The lowest BCUT2D eigenvalue weighted by Gasteiger charge is -2.32. The number of likely N-dealkylation sites (tertiary alicyclic amines) is 1. The van der Waals surface area contributed by atoms with E-state index in [-0.39, 0.29) is 24.3 Å². The second-order valence-electron chi connectivity index (χ2n) is 9.20. The molecule has 3 heterocycles. The number of carboxylic acids is 1. The summed E-state index contributed by atoms with van der Waals surface area (Å²) < 4.78 is 15.2. The zero-order valence-electron chi connectivity index (χ0n) is 19.7. The summed E-state index contributed by atoms with van der Waals surface area (Å²) in [4.78, 5) is 30.4. The van der Waals surface area contributed by atoms with E-state index in [4.69, 9.17) is 5.11 Å². The molecule has 0 unspecified atom stereocenters. The molecule has 0 radical (unpaired) electrons. The van der Waals surface area contributed by atoms with Crippen molar-refractivity contribution in [1.29, 1.82) is 0 Å². The van der Waals surface area contributed by atoms with E-state index in [0.717, 1.165) is 43.4 Å². The summed E-state index contributed by atoms with van der Waals surface area (Å²) in [6, 6.07) is 17.9. The molecule has 2 aromatic carbocycles. The molecule has 0 spiro atoms. The number of carbonyl (C=O) groups excluding carboxylic acids is 1. The molecular weight excluding hydrogens is 459 g/mol. The molecule has 8 heteroatoms. The van der Waals surface area contributed by atoms with Gasteiger partial charge in [0.1, 0.15) is 12.4 Å². The third kappa shape index (κ3) is 5.44. The van der Waals surface area contributed by atoms with Crippen LogP contribution in [0.15, 0.2) is 73.1 Å². The average molecular weight is 487 g/mol. The third-order valence-corrected chi connectivity index (χ3v) is 6.62. The highest BCUT2D eigenvalue weighted by atomic mass is 19.1. The number of benzene rings is 2. The number of nitrogens with zero attached hydrogens (tertiary/aromatic N) is 3. The van der Waals surface area contributed by atoms with Crippen LogP contribution in [0.2, 0.25) is 0 Å². The Bertz CT molecular complexity index is 1390. The van der Waals surface area contributed by atoms with Crippen LogP contribution >= 0.6 is 0 Å². The van der Waals surface area contributed by atoms with Gasteiger partial charge in [-0.15, -0.1) is 0 Å². The molecule has 7 nitrogen and oxygen atoms in total. The molecule has 0 bridgehead atoms. The number of rotatable bonds is 7. The first-order valence-electron chi connectivity index (χ1n) is 12.0. The molecule has 1 amide bonds. The summed E-state index contributed by atoms with van der Waals surface area (Å²) in [5.74, 6) is -1.33. The first-order valence-corrected chi connectivity index (χ1v) is 12.0. The van der Waals surface area contributed by atoms with Crippen molar-refractivity contribution in [2.24, 2.45) is 0 Å². The Morgan fingerprint density at radius 1 is 1.06 bits per heavy atom. The van der Waals surface area contributed by atoms with Crippen molar-refractivity contribution in [2.75, 3.05) is 13.1 Å². The number of nitrogens with one attached hydrogen (secondary N) is 1. The SMILES string of the molecule is O=C(O)Cn1ccc2cc(CN3CCC(NC(=O)c4ccc(-c5cccc(F)c5)nc4)CC3)ccc21. The molecule has 1 fully saturated rings. The molecule has 0 saturated carbocycles. The molecule has 1 aliphatic rings. The highest BCUT2D eigenvalue weighted by molar-refractivity contribution is 5.94. The number of halogens is 1. The first kappa shape index (κ1) is 23.7. The van der Waals surface area contributed by atoms with Crippen LogP contribution < -0.4 is 5.32 Å². The Kier molecular flexibility index (Phi) is 6.77. The van der Waals surface area contributed by atoms with E-state index in [1.807, 2.05) is 12.1 Å². The third-order valence-electron chi connectivity index (χ3n) is 6.62. The number of carboxylic acid groups (broad SMARTS) is 1. The number of piperidine rings is 1. The molecule has 1 aliphatic heterocycles. The van der Waals surface area contributed by atoms with Gasteiger partial charge in [0, 0.05) is 49.1 Å². The van der Waals surface area contributed by atoms with Crippen LogP contribution in [0.25, 0.3) is 22.2 Å². The van der Waals surface area contributed by atoms with Gasteiger partial charge in [-0.1, -0.05) is 18.2 Å². The van der Waals surface area contributed by atoms with Crippen LogP contribution in [0.1, 0.15) is 28.8 Å². The van der Waals surface area contributed by atoms with E-state index in [1.165, 1.54) is 23.9 Å². The smallest absolute Gasteiger partial charge is 0.323 e. The van der Waals surface area contributed by atoms with Crippen LogP contribution in [-0.2, 0) is 17.9 Å². The van der Waals surface area contributed by atoms with Gasteiger partial charge < -0.3 is 15.0 Å². The van der Waals surface area contributed by atoms with Crippen LogP contribution in [0, 0.1) is 5.82 Å². The summed E-state index contributed by atoms with van der Waals surface area (Å²) in [6.07, 6.45) is 5.06. The summed E-state index contributed by atoms with van der Waals surface area (Å²) in [6.45, 7) is 2.51. The van der Waals surface area contributed by atoms with Gasteiger partial charge in [0.15, 0.2) is 0 Å². The normalized spacial score (nSPS) is 14.7. The van der Waals surface area contributed by atoms with Crippen LogP contribution in [-0.4, -0.2) is 50.6 Å². The fourth-order valence-electron chi connectivity index (χ4n) is 4.74. The van der Waals surface area contributed by atoms with E-state index in [1.54, 1.807) is 35.0 Å². The van der Waals surface area contributed by atoms with Gasteiger partial charge in [-0.25, -0.2) is 4.39 Å². The van der Waals surface area contributed by atoms with Gasteiger partial charge in [0.2, 0.25) is 0 Å². The highest BCUT2D eigenvalue weighted by Gasteiger charge is 2.21. The number of carbonyl (C=O) groups is 2. The monoisotopic (exact) mass is 486 g/mol. The fraction of sp³-hybridized carbons (Fsp3) is 0.250. The van der Waals surface area contributed by atoms with Crippen molar-refractivity contribution in [2.45, 2.75) is 32.0 Å². The minimum atomic E-state index is -0.858. The van der Waals surface area contributed by atoms with Gasteiger partial charge in [0.05, 0.1) is 11.3 Å². The fourth-order valence-corrected chi connectivity index (χ4v) is 4.74. The molecule has 0 atom stereocenters.